The van der Waals surface area contributed by atoms with Crippen LogP contribution in [0.4, 0.5) is 0 Å². The molecule has 0 amide bonds. The molecular formula is C46H60O2S2Ti. The van der Waals surface area contributed by atoms with Gasteiger partial charge in [0, 0.05) is 0 Å². The average Bonchev–Trinajstić information content (AvgIpc) is 3.30. The van der Waals surface area contributed by atoms with E-state index in [4.69, 9.17) is 0 Å². The van der Waals surface area contributed by atoms with E-state index in [9.17, 15) is 10.2 Å². The van der Waals surface area contributed by atoms with E-state index < -0.39 is 0 Å². The van der Waals surface area contributed by atoms with E-state index in [0.717, 1.165) is 55.4 Å². The molecule has 272 valence electrons. The summed E-state index contributed by atoms with van der Waals surface area (Å²) in [7, 11) is 0.566. The molecule has 4 atom stereocenters. The summed E-state index contributed by atoms with van der Waals surface area (Å²) in [5.74, 6) is 2.99. The second-order valence-electron chi connectivity index (χ2n) is 17.6. The van der Waals surface area contributed by atoms with Gasteiger partial charge in [0.2, 0.25) is 0 Å². The first-order valence-electron chi connectivity index (χ1n) is 19.0. The van der Waals surface area contributed by atoms with E-state index in [1.807, 2.05) is 0 Å². The second-order valence-corrected chi connectivity index (χ2v) is 29.0. The molecule has 0 bridgehead atoms. The molecule has 0 aromatic heterocycles. The van der Waals surface area contributed by atoms with Gasteiger partial charge in [0.05, 0.1) is 0 Å². The third-order valence-electron chi connectivity index (χ3n) is 10.9. The Labute approximate surface area is 319 Å². The molecule has 5 heteroatoms. The van der Waals surface area contributed by atoms with Gasteiger partial charge < -0.3 is 0 Å². The van der Waals surface area contributed by atoms with E-state index in [-0.39, 0.29) is 42.2 Å². The van der Waals surface area contributed by atoms with Gasteiger partial charge in [-0.3, -0.25) is 0 Å². The zero-order valence-corrected chi connectivity index (χ0v) is 36.0. The van der Waals surface area contributed by atoms with Gasteiger partial charge in [0.25, 0.3) is 0 Å². The van der Waals surface area contributed by atoms with Crippen molar-refractivity contribution in [3.05, 3.63) is 105 Å². The summed E-state index contributed by atoms with van der Waals surface area (Å²) in [6, 6.07) is 22.6. The molecule has 51 heavy (non-hydrogen) atoms. The number of benzene rings is 4. The predicted octanol–water partition coefficient (Wildman–Crippen LogP) is 13.5. The Kier molecular flexibility index (Phi) is 11.6. The quantitative estimate of drug-likeness (QED) is 0.192. The summed E-state index contributed by atoms with van der Waals surface area (Å²) >= 11 is -0.322. The van der Waals surface area contributed by atoms with E-state index in [1.54, 1.807) is 0 Å². The molecule has 0 spiro atoms. The Hall–Kier alpha value is -2.11. The maximum atomic E-state index is 12.1. The number of aryl methyl sites for hydroxylation is 4. The SMILES string of the molecule is Cc1cc(C)cc(-c2cc(C(C)(C)C)cc(C[S]3=[Ti]=[S](Cc4cc(C(C)(C)C)cc(-c5cc(C)cc(C)c5)c4O)C4CCCCCCC43)c2O)c1. The first kappa shape index (κ1) is 38.6. The Balaban J connectivity index is 1.48. The second kappa shape index (κ2) is 15.3. The Morgan fingerprint density at radius 3 is 1.22 bits per heavy atom. The zero-order chi connectivity index (χ0) is 36.8. The third kappa shape index (κ3) is 8.83. The standard InChI is InChI=1S/C46H60O2S2.Ti/c1-29-17-30(2)20-33(19-29)39-25-37(45(5,6)7)23-35(43(39)47)27-49-41-15-13-11-12-14-16-42(41)50-28-36-24-38(46(8,9)10)26-40(44(36)48)34-21-31(3)18-32(4)22-34;/h17-26,41-42,47-48H,11-16,27-28H2,1-10H3;. The van der Waals surface area contributed by atoms with Crippen LogP contribution in [0.2, 0.25) is 0 Å². The molecule has 0 radical (unpaired) electrons. The molecule has 1 aliphatic heterocycles. The number of rotatable bonds is 6. The van der Waals surface area contributed by atoms with Gasteiger partial charge in [0.15, 0.2) is 0 Å². The number of phenols is 2. The summed E-state index contributed by atoms with van der Waals surface area (Å²) in [5.41, 5.74) is 14.1. The van der Waals surface area contributed by atoms with Gasteiger partial charge in [-0.25, -0.2) is 0 Å². The molecule has 2 N–H and O–H groups in total. The Morgan fingerprint density at radius 2 is 0.882 bits per heavy atom. The van der Waals surface area contributed by atoms with E-state index >= 15 is 0 Å². The first-order valence-corrected chi connectivity index (χ1v) is 25.8. The fourth-order valence-electron chi connectivity index (χ4n) is 8.11. The van der Waals surface area contributed by atoms with Crippen molar-refractivity contribution in [2.75, 3.05) is 0 Å². The van der Waals surface area contributed by atoms with Crippen molar-refractivity contribution >= 4 is 15.9 Å². The number of hydrogen-bond acceptors (Lipinski definition) is 2. The third-order valence-corrected chi connectivity index (χ3v) is 26.8. The number of phenolic OH excluding ortho intramolecular Hbond substituents is 2. The van der Waals surface area contributed by atoms with Gasteiger partial charge in [0.1, 0.15) is 0 Å². The topological polar surface area (TPSA) is 40.5 Å². The molecule has 1 heterocycles. The monoisotopic (exact) mass is 756 g/mol. The van der Waals surface area contributed by atoms with Crippen LogP contribution < -0.4 is 0 Å². The summed E-state index contributed by atoms with van der Waals surface area (Å²) in [4.78, 5) is 0. The van der Waals surface area contributed by atoms with E-state index in [2.05, 4.69) is 130 Å². The molecule has 4 aromatic carbocycles. The van der Waals surface area contributed by atoms with Crippen LogP contribution in [-0.4, -0.2) is 20.7 Å². The Morgan fingerprint density at radius 1 is 0.529 bits per heavy atom. The van der Waals surface area contributed by atoms with Crippen LogP contribution in [0.15, 0.2) is 60.7 Å². The van der Waals surface area contributed by atoms with E-state index in [1.165, 1.54) is 71.9 Å². The molecule has 0 saturated heterocycles. The maximum absolute atomic E-state index is 12.1. The zero-order valence-electron chi connectivity index (χ0n) is 32.8. The first-order chi connectivity index (χ1) is 24.0. The van der Waals surface area contributed by atoms with Crippen LogP contribution in [0.1, 0.15) is 125 Å². The Bertz CT molecular complexity index is 1850. The fraction of sp³-hybridized carbons (Fsp3) is 0.478. The van der Waals surface area contributed by atoms with Gasteiger partial charge in [-0.2, -0.15) is 0 Å². The van der Waals surface area contributed by atoms with Gasteiger partial charge in [-0.15, -0.1) is 0 Å². The van der Waals surface area contributed by atoms with Crippen LogP contribution >= 0.6 is 15.9 Å². The summed E-state index contributed by atoms with van der Waals surface area (Å²) in [5, 5.41) is 25.6. The summed E-state index contributed by atoms with van der Waals surface area (Å²) in [6.45, 7) is 22.4. The fourth-order valence-corrected chi connectivity index (χ4v) is 28.9. The summed E-state index contributed by atoms with van der Waals surface area (Å²) in [6.07, 6.45) is 8.01. The van der Waals surface area contributed by atoms with Crippen molar-refractivity contribution in [2.24, 2.45) is 0 Å². The van der Waals surface area contributed by atoms with Gasteiger partial charge >= 0.3 is 321 Å². The molecule has 4 unspecified atom stereocenters. The molecule has 1 fully saturated rings. The molecule has 2 nitrogen and oxygen atoms in total. The van der Waals surface area contributed by atoms with Crippen molar-refractivity contribution in [2.45, 2.75) is 141 Å². The average molecular weight is 757 g/mol. The summed E-state index contributed by atoms with van der Waals surface area (Å²) < 4.78 is 0. The van der Waals surface area contributed by atoms with Gasteiger partial charge in [-0.05, 0) is 0 Å². The van der Waals surface area contributed by atoms with Crippen LogP contribution in [0, 0.1) is 27.7 Å². The molecular weight excluding hydrogens is 697 g/mol. The predicted molar refractivity (Wildman–Crippen MR) is 221 cm³/mol. The van der Waals surface area contributed by atoms with Gasteiger partial charge in [-0.1, -0.05) is 0 Å². The molecule has 4 aromatic rings. The van der Waals surface area contributed by atoms with Crippen molar-refractivity contribution < 1.29 is 25.7 Å². The van der Waals surface area contributed by atoms with Crippen LogP contribution in [0.3, 0.4) is 0 Å². The van der Waals surface area contributed by atoms with Crippen molar-refractivity contribution in [3.63, 3.8) is 0 Å². The van der Waals surface area contributed by atoms with Crippen LogP contribution in [-0.2, 0) is 37.8 Å². The minimum atomic E-state index is -0.322. The molecule has 6 rings (SSSR count). The van der Waals surface area contributed by atoms with Crippen molar-refractivity contribution in [1.29, 1.82) is 0 Å². The molecule has 1 saturated carbocycles. The number of hydrogen-bond donors (Lipinski definition) is 2. The number of aromatic hydroxyl groups is 2. The van der Waals surface area contributed by atoms with E-state index in [0.29, 0.717) is 11.5 Å². The van der Waals surface area contributed by atoms with Crippen LogP contribution in [0.25, 0.3) is 22.3 Å². The minimum absolute atomic E-state index is 0.0126. The molecule has 2 aliphatic rings. The van der Waals surface area contributed by atoms with Crippen LogP contribution in [0.5, 0.6) is 11.5 Å². The normalized spacial score (nSPS) is 21.0. The number of fused-ring (bicyclic) bond motifs is 1. The van der Waals surface area contributed by atoms with Crippen molar-refractivity contribution in [1.82, 2.24) is 0 Å². The van der Waals surface area contributed by atoms with Crippen molar-refractivity contribution in [3.8, 4) is 33.8 Å². The molecule has 1 aliphatic carbocycles.